The van der Waals surface area contributed by atoms with Gasteiger partial charge < -0.3 is 13.8 Å². The van der Waals surface area contributed by atoms with E-state index in [0.717, 1.165) is 0 Å². The molecular formula is C4H7O3P. The van der Waals surface area contributed by atoms with Crippen molar-refractivity contribution in [3.8, 4) is 0 Å². The second kappa shape index (κ2) is 2.78. The average molecular weight is 134 g/mol. The molecule has 0 aromatic carbocycles. The summed E-state index contributed by atoms with van der Waals surface area (Å²) in [7, 11) is 0.0812. The second-order valence-electron chi connectivity index (χ2n) is 1.17. The third kappa shape index (κ3) is 1.27. The fourth-order valence-corrected chi connectivity index (χ4v) is 0.749. The van der Waals surface area contributed by atoms with Crippen LogP contribution in [0.4, 0.5) is 0 Å². The molecule has 1 atom stereocenters. The first-order valence-corrected chi connectivity index (χ1v) is 3.15. The Hall–Kier alpha value is -0.430. The first-order valence-electron chi connectivity index (χ1n) is 2.34. The minimum Gasteiger partial charge on any atom is -0.463 e. The quantitative estimate of drug-likeness (QED) is 0.534. The maximum absolute atomic E-state index is 4.92. The van der Waals surface area contributed by atoms with E-state index in [1.807, 2.05) is 6.92 Å². The lowest BCUT2D eigenvalue weighted by Gasteiger charge is -1.97. The molecule has 3 nitrogen and oxygen atoms in total. The molecule has 0 spiro atoms. The van der Waals surface area contributed by atoms with E-state index in [2.05, 4.69) is 0 Å². The molecule has 0 fully saturated rings. The molecule has 8 heavy (non-hydrogen) atoms. The fourth-order valence-electron chi connectivity index (χ4n) is 0.367. The Morgan fingerprint density at radius 1 is 1.88 bits per heavy atom. The number of hydrogen-bond acceptors (Lipinski definition) is 3. The van der Waals surface area contributed by atoms with Crippen LogP contribution in [0.2, 0.25) is 0 Å². The summed E-state index contributed by atoms with van der Waals surface area (Å²) in [6, 6.07) is 0. The summed E-state index contributed by atoms with van der Waals surface area (Å²) in [5.74, 6) is 0.492. The molecule has 1 unspecified atom stereocenters. The van der Waals surface area contributed by atoms with E-state index in [1.165, 1.54) is 6.26 Å². The molecule has 0 aliphatic carbocycles. The lowest BCUT2D eigenvalue weighted by Crippen LogP contribution is -1.87. The van der Waals surface area contributed by atoms with Gasteiger partial charge in [0.15, 0.2) is 6.26 Å². The van der Waals surface area contributed by atoms with Crippen LogP contribution in [0.5, 0.6) is 0 Å². The molecule has 0 saturated heterocycles. The lowest BCUT2D eigenvalue weighted by molar-refractivity contribution is 0.131. The zero-order valence-electron chi connectivity index (χ0n) is 4.51. The summed E-state index contributed by atoms with van der Waals surface area (Å²) in [5.41, 5.74) is 0. The van der Waals surface area contributed by atoms with Crippen molar-refractivity contribution in [1.82, 2.24) is 0 Å². The highest BCUT2D eigenvalue weighted by atomic mass is 31.1. The molecular weight excluding hydrogens is 127 g/mol. The van der Waals surface area contributed by atoms with Crippen molar-refractivity contribution in [2.24, 2.45) is 0 Å². The van der Waals surface area contributed by atoms with Crippen LogP contribution in [0.15, 0.2) is 12.2 Å². The van der Waals surface area contributed by atoms with Crippen LogP contribution in [0.1, 0.15) is 6.92 Å². The Labute approximate surface area is 49.6 Å². The molecule has 0 radical (unpaired) electrons. The van der Waals surface area contributed by atoms with E-state index < -0.39 is 0 Å². The van der Waals surface area contributed by atoms with Gasteiger partial charge in [-0.1, -0.05) is 0 Å². The molecule has 0 N–H and O–H groups in total. The topological polar surface area (TPSA) is 27.7 Å². The maximum atomic E-state index is 4.92. The smallest absolute Gasteiger partial charge is 0.321 e. The van der Waals surface area contributed by atoms with Crippen LogP contribution in [0, 0.1) is 0 Å². The van der Waals surface area contributed by atoms with Crippen molar-refractivity contribution in [2.45, 2.75) is 6.92 Å². The first-order chi connectivity index (χ1) is 3.93. The van der Waals surface area contributed by atoms with Gasteiger partial charge in [-0.25, -0.2) is 0 Å². The van der Waals surface area contributed by atoms with Crippen LogP contribution in [-0.2, 0) is 13.8 Å². The molecule has 1 aliphatic rings. The SMILES string of the molecule is CCOC1=COPO1. The summed E-state index contributed by atoms with van der Waals surface area (Å²) in [6.45, 7) is 2.52. The molecule has 0 bridgehead atoms. The summed E-state index contributed by atoms with van der Waals surface area (Å²) in [4.78, 5) is 0. The highest BCUT2D eigenvalue weighted by Crippen LogP contribution is 2.27. The van der Waals surface area contributed by atoms with Gasteiger partial charge in [-0.15, -0.1) is 0 Å². The molecule has 0 amide bonds. The third-order valence-corrected chi connectivity index (χ3v) is 1.13. The van der Waals surface area contributed by atoms with Crippen LogP contribution < -0.4 is 0 Å². The summed E-state index contributed by atoms with van der Waals surface area (Å²) < 4.78 is 14.5. The zero-order chi connectivity index (χ0) is 5.82. The Morgan fingerprint density at radius 3 is 3.25 bits per heavy atom. The van der Waals surface area contributed by atoms with Gasteiger partial charge in [0.05, 0.1) is 6.61 Å². The largest absolute Gasteiger partial charge is 0.463 e. The van der Waals surface area contributed by atoms with E-state index in [0.29, 0.717) is 12.6 Å². The molecule has 0 saturated carbocycles. The van der Waals surface area contributed by atoms with E-state index >= 15 is 0 Å². The second-order valence-corrected chi connectivity index (χ2v) is 1.78. The van der Waals surface area contributed by atoms with E-state index in [4.69, 9.17) is 13.8 Å². The van der Waals surface area contributed by atoms with Gasteiger partial charge in [0.2, 0.25) is 0 Å². The summed E-state index contributed by atoms with van der Waals surface area (Å²) in [5, 5.41) is 0. The maximum Gasteiger partial charge on any atom is 0.321 e. The standard InChI is InChI=1S/C4H7O3P/c1-2-5-4-3-6-8-7-4/h3,8H,2H2,1H3. The number of rotatable bonds is 2. The van der Waals surface area contributed by atoms with E-state index in [9.17, 15) is 0 Å². The fraction of sp³-hybridized carbons (Fsp3) is 0.500. The van der Waals surface area contributed by atoms with Gasteiger partial charge in [0.1, 0.15) is 0 Å². The molecule has 0 aromatic rings. The summed E-state index contributed by atoms with van der Waals surface area (Å²) >= 11 is 0. The monoisotopic (exact) mass is 134 g/mol. The Balaban J connectivity index is 2.23. The molecule has 0 aromatic heterocycles. The molecule has 4 heteroatoms. The minimum atomic E-state index is 0.0812. The normalized spacial score (nSPS) is 19.4. The van der Waals surface area contributed by atoms with E-state index in [-0.39, 0.29) is 9.03 Å². The van der Waals surface area contributed by atoms with Gasteiger partial charge in [0.25, 0.3) is 9.03 Å². The zero-order valence-corrected chi connectivity index (χ0v) is 5.51. The highest BCUT2D eigenvalue weighted by molar-refractivity contribution is 7.26. The van der Waals surface area contributed by atoms with Crippen LogP contribution in [-0.4, -0.2) is 6.61 Å². The van der Waals surface area contributed by atoms with Crippen molar-refractivity contribution >= 4 is 9.03 Å². The van der Waals surface area contributed by atoms with Crippen LogP contribution >= 0.6 is 9.03 Å². The van der Waals surface area contributed by atoms with Gasteiger partial charge in [-0.3, -0.25) is 0 Å². The molecule has 1 aliphatic heterocycles. The van der Waals surface area contributed by atoms with Crippen molar-refractivity contribution < 1.29 is 13.8 Å². The van der Waals surface area contributed by atoms with Crippen molar-refractivity contribution in [3.05, 3.63) is 12.2 Å². The predicted octanol–water partition coefficient (Wildman–Crippen LogP) is 1.38. The Kier molecular flexibility index (Phi) is 1.98. The summed E-state index contributed by atoms with van der Waals surface area (Å²) in [6.07, 6.45) is 1.47. The number of hydrogen-bond donors (Lipinski definition) is 0. The molecule has 1 heterocycles. The van der Waals surface area contributed by atoms with Crippen LogP contribution in [0.25, 0.3) is 0 Å². The first kappa shape index (κ1) is 5.70. The Bertz CT molecular complexity index is 101. The van der Waals surface area contributed by atoms with Gasteiger partial charge in [-0.2, -0.15) is 0 Å². The van der Waals surface area contributed by atoms with Gasteiger partial charge in [-0.05, 0) is 6.92 Å². The molecule has 46 valence electrons. The average Bonchev–Trinajstić information content (AvgIpc) is 2.19. The number of ether oxygens (including phenoxy) is 1. The van der Waals surface area contributed by atoms with Crippen molar-refractivity contribution in [1.29, 1.82) is 0 Å². The van der Waals surface area contributed by atoms with Gasteiger partial charge in [0, 0.05) is 0 Å². The molecule has 1 rings (SSSR count). The Morgan fingerprint density at radius 2 is 2.75 bits per heavy atom. The van der Waals surface area contributed by atoms with Crippen molar-refractivity contribution in [2.75, 3.05) is 6.61 Å². The highest BCUT2D eigenvalue weighted by Gasteiger charge is 2.05. The van der Waals surface area contributed by atoms with E-state index in [1.54, 1.807) is 0 Å². The third-order valence-electron chi connectivity index (χ3n) is 0.632. The van der Waals surface area contributed by atoms with Crippen LogP contribution in [0.3, 0.4) is 0 Å². The predicted molar refractivity (Wildman–Crippen MR) is 30.2 cm³/mol. The van der Waals surface area contributed by atoms with Gasteiger partial charge >= 0.3 is 5.95 Å². The minimum absolute atomic E-state index is 0.0812. The van der Waals surface area contributed by atoms with Crippen molar-refractivity contribution in [3.63, 3.8) is 0 Å². The lowest BCUT2D eigenvalue weighted by atomic mass is 10.8.